The highest BCUT2D eigenvalue weighted by molar-refractivity contribution is 7.16. The average molecular weight is 269 g/mol. The molecule has 1 heterocycles. The van der Waals surface area contributed by atoms with Gasteiger partial charge < -0.3 is 11.1 Å². The molecule has 1 rings (SSSR count). The fourth-order valence-corrected chi connectivity index (χ4v) is 2.12. The van der Waals surface area contributed by atoms with Crippen molar-refractivity contribution in [2.45, 2.75) is 12.8 Å². The van der Waals surface area contributed by atoms with E-state index in [1.807, 2.05) is 12.1 Å². The van der Waals surface area contributed by atoms with Crippen molar-refractivity contribution in [1.29, 1.82) is 0 Å². The molecule has 0 aliphatic heterocycles. The van der Waals surface area contributed by atoms with Crippen LogP contribution in [0, 0.1) is 0 Å². The Hall–Kier alpha value is -0.290. The molecule has 0 fully saturated rings. The van der Waals surface area contributed by atoms with E-state index in [0.717, 1.165) is 10.8 Å². The maximum absolute atomic E-state index is 11.0. The molecule has 1 aromatic heterocycles. The van der Waals surface area contributed by atoms with Crippen molar-refractivity contribution in [1.82, 2.24) is 5.32 Å². The van der Waals surface area contributed by atoms with Crippen LogP contribution in [-0.4, -0.2) is 19.0 Å². The van der Waals surface area contributed by atoms with E-state index in [-0.39, 0.29) is 18.3 Å². The Labute approximate surface area is 104 Å². The van der Waals surface area contributed by atoms with E-state index in [0.29, 0.717) is 19.5 Å². The van der Waals surface area contributed by atoms with E-state index in [9.17, 15) is 4.79 Å². The summed E-state index contributed by atoms with van der Waals surface area (Å²) in [7, 11) is 0. The van der Waals surface area contributed by atoms with Crippen molar-refractivity contribution in [3.8, 4) is 0 Å². The van der Waals surface area contributed by atoms with E-state index in [4.69, 9.17) is 17.3 Å². The number of carbonyl (C=O) groups excluding carboxylic acids is 1. The molecule has 3 N–H and O–H groups in total. The molecule has 86 valence electrons. The summed E-state index contributed by atoms with van der Waals surface area (Å²) in [5.41, 5.74) is 5.24. The maximum atomic E-state index is 11.0. The second kappa shape index (κ2) is 7.93. The number of carbonyl (C=O) groups is 1. The first-order valence-corrected chi connectivity index (χ1v) is 5.63. The summed E-state index contributed by atoms with van der Waals surface area (Å²) in [5, 5.41) is 2.79. The summed E-state index contributed by atoms with van der Waals surface area (Å²) in [4.78, 5) is 12.2. The molecule has 3 nitrogen and oxygen atoms in total. The van der Waals surface area contributed by atoms with Gasteiger partial charge in [0.2, 0.25) is 5.91 Å². The van der Waals surface area contributed by atoms with Gasteiger partial charge in [0.15, 0.2) is 0 Å². The normalized spacial score (nSPS) is 9.47. The molecule has 0 saturated heterocycles. The first-order chi connectivity index (χ1) is 6.72. The lowest BCUT2D eigenvalue weighted by Crippen LogP contribution is -2.27. The van der Waals surface area contributed by atoms with E-state index in [1.54, 1.807) is 11.3 Å². The number of thiophene rings is 1. The summed E-state index contributed by atoms with van der Waals surface area (Å²) in [5.74, 6) is 0.00940. The van der Waals surface area contributed by atoms with E-state index >= 15 is 0 Å². The number of halogens is 2. The minimum atomic E-state index is 0. The van der Waals surface area contributed by atoms with Crippen LogP contribution in [0.3, 0.4) is 0 Å². The lowest BCUT2D eigenvalue weighted by molar-refractivity contribution is -0.120. The second-order valence-corrected chi connectivity index (χ2v) is 4.64. The van der Waals surface area contributed by atoms with Gasteiger partial charge in [0.1, 0.15) is 0 Å². The van der Waals surface area contributed by atoms with E-state index < -0.39 is 0 Å². The number of hydrogen-bond donors (Lipinski definition) is 2. The summed E-state index contributed by atoms with van der Waals surface area (Å²) in [6, 6.07) is 3.84. The Bertz CT molecular complexity index is 304. The highest BCUT2D eigenvalue weighted by Gasteiger charge is 2.00. The first kappa shape index (κ1) is 14.7. The molecule has 1 amide bonds. The predicted molar refractivity (Wildman–Crippen MR) is 67.0 cm³/mol. The van der Waals surface area contributed by atoms with Gasteiger partial charge in [-0.1, -0.05) is 11.6 Å². The topological polar surface area (TPSA) is 55.1 Å². The van der Waals surface area contributed by atoms with Crippen LogP contribution < -0.4 is 11.1 Å². The number of nitrogens with two attached hydrogens (primary N) is 1. The SMILES string of the molecule is Cl.NCCC(=O)NCCc1ccc(Cl)s1. The largest absolute Gasteiger partial charge is 0.356 e. The Morgan fingerprint density at radius 3 is 2.80 bits per heavy atom. The minimum Gasteiger partial charge on any atom is -0.356 e. The Morgan fingerprint density at radius 1 is 1.53 bits per heavy atom. The standard InChI is InChI=1S/C9H13ClN2OS.ClH/c10-8-2-1-7(14-8)4-6-12-9(13)3-5-11;/h1-2H,3-6,11H2,(H,12,13);1H. The number of rotatable bonds is 5. The molecular formula is C9H14Cl2N2OS. The van der Waals surface area contributed by atoms with Gasteiger partial charge in [0.25, 0.3) is 0 Å². The molecular weight excluding hydrogens is 255 g/mol. The Morgan fingerprint density at radius 2 is 2.27 bits per heavy atom. The van der Waals surface area contributed by atoms with Crippen LogP contribution in [0.1, 0.15) is 11.3 Å². The lowest BCUT2D eigenvalue weighted by atomic mass is 10.3. The Kier molecular flexibility index (Phi) is 7.78. The third-order valence-electron chi connectivity index (χ3n) is 1.69. The van der Waals surface area contributed by atoms with Crippen molar-refractivity contribution in [2.75, 3.05) is 13.1 Å². The molecule has 6 heteroatoms. The van der Waals surface area contributed by atoms with Crippen molar-refractivity contribution in [3.63, 3.8) is 0 Å². The monoisotopic (exact) mass is 268 g/mol. The fraction of sp³-hybridized carbons (Fsp3) is 0.444. The third kappa shape index (κ3) is 5.99. The van der Waals surface area contributed by atoms with Gasteiger partial charge in [-0.05, 0) is 18.6 Å². The molecule has 1 aromatic rings. The molecule has 0 bridgehead atoms. The molecule has 0 aliphatic rings. The molecule has 0 aromatic carbocycles. The quantitative estimate of drug-likeness (QED) is 0.856. The average Bonchev–Trinajstić information content (AvgIpc) is 2.52. The summed E-state index contributed by atoms with van der Waals surface area (Å²) in [6.45, 7) is 1.05. The van der Waals surface area contributed by atoms with Gasteiger partial charge >= 0.3 is 0 Å². The summed E-state index contributed by atoms with van der Waals surface area (Å²) >= 11 is 7.31. The van der Waals surface area contributed by atoms with Crippen LogP contribution in [0.15, 0.2) is 12.1 Å². The highest BCUT2D eigenvalue weighted by atomic mass is 35.5. The zero-order valence-electron chi connectivity index (χ0n) is 8.16. The minimum absolute atomic E-state index is 0. The second-order valence-electron chi connectivity index (χ2n) is 2.84. The molecule has 0 radical (unpaired) electrons. The third-order valence-corrected chi connectivity index (χ3v) is 2.98. The zero-order chi connectivity index (χ0) is 10.4. The smallest absolute Gasteiger partial charge is 0.221 e. The van der Waals surface area contributed by atoms with Gasteiger partial charge in [-0.2, -0.15) is 0 Å². The van der Waals surface area contributed by atoms with Gasteiger partial charge in [-0.3, -0.25) is 4.79 Å². The predicted octanol–water partition coefficient (Wildman–Crippen LogP) is 1.83. The van der Waals surface area contributed by atoms with Crippen LogP contribution in [-0.2, 0) is 11.2 Å². The van der Waals surface area contributed by atoms with E-state index in [2.05, 4.69) is 5.32 Å². The van der Waals surface area contributed by atoms with Crippen molar-refractivity contribution >= 4 is 41.3 Å². The van der Waals surface area contributed by atoms with Crippen LogP contribution in [0.5, 0.6) is 0 Å². The van der Waals surface area contributed by atoms with Crippen LogP contribution in [0.25, 0.3) is 0 Å². The molecule has 15 heavy (non-hydrogen) atoms. The fourth-order valence-electron chi connectivity index (χ4n) is 1.03. The molecule has 0 unspecified atom stereocenters. The highest BCUT2D eigenvalue weighted by Crippen LogP contribution is 2.21. The van der Waals surface area contributed by atoms with Crippen LogP contribution in [0.2, 0.25) is 4.34 Å². The van der Waals surface area contributed by atoms with Crippen LogP contribution >= 0.6 is 35.3 Å². The summed E-state index contributed by atoms with van der Waals surface area (Å²) < 4.78 is 0.785. The van der Waals surface area contributed by atoms with Gasteiger partial charge in [0, 0.05) is 24.4 Å². The van der Waals surface area contributed by atoms with Gasteiger partial charge in [0.05, 0.1) is 4.34 Å². The number of amides is 1. The molecule has 0 aliphatic carbocycles. The van der Waals surface area contributed by atoms with Gasteiger partial charge in [-0.25, -0.2) is 0 Å². The van der Waals surface area contributed by atoms with E-state index in [1.165, 1.54) is 4.88 Å². The first-order valence-electron chi connectivity index (χ1n) is 4.43. The van der Waals surface area contributed by atoms with Crippen molar-refractivity contribution < 1.29 is 4.79 Å². The van der Waals surface area contributed by atoms with Crippen LogP contribution in [0.4, 0.5) is 0 Å². The van der Waals surface area contributed by atoms with Gasteiger partial charge in [-0.15, -0.1) is 23.7 Å². The summed E-state index contributed by atoms with van der Waals surface area (Å²) in [6.07, 6.45) is 1.22. The number of nitrogens with one attached hydrogen (secondary N) is 1. The van der Waals surface area contributed by atoms with Crippen molar-refractivity contribution in [3.05, 3.63) is 21.3 Å². The van der Waals surface area contributed by atoms with Crippen molar-refractivity contribution in [2.24, 2.45) is 5.73 Å². The maximum Gasteiger partial charge on any atom is 0.221 e. The lowest BCUT2D eigenvalue weighted by Gasteiger charge is -2.01. The Balaban J connectivity index is 0.00000196. The molecule has 0 spiro atoms. The zero-order valence-corrected chi connectivity index (χ0v) is 10.6. The molecule has 0 atom stereocenters. The number of hydrogen-bond acceptors (Lipinski definition) is 3. The molecule has 0 saturated carbocycles.